The Hall–Kier alpha value is -2.67. The molecule has 2 amide bonds. The number of carbonyl (C=O) groups excluding carboxylic acids is 2. The summed E-state index contributed by atoms with van der Waals surface area (Å²) in [5.74, 6) is 1.50. The maximum atomic E-state index is 12.9. The lowest BCUT2D eigenvalue weighted by Gasteiger charge is -2.42. The van der Waals surface area contributed by atoms with Crippen LogP contribution in [0.25, 0.3) is 0 Å². The largest absolute Gasteiger partial charge is 0.466 e. The topological polar surface area (TPSA) is 75.9 Å². The Bertz CT molecular complexity index is 885. The van der Waals surface area contributed by atoms with Crippen molar-refractivity contribution in [3.8, 4) is 0 Å². The Kier molecular flexibility index (Phi) is 5.41. The van der Waals surface area contributed by atoms with Crippen LogP contribution >= 0.6 is 0 Å². The molecule has 7 nitrogen and oxygen atoms in total. The fourth-order valence-electron chi connectivity index (χ4n) is 4.26. The van der Waals surface area contributed by atoms with Gasteiger partial charge in [0.15, 0.2) is 0 Å². The van der Waals surface area contributed by atoms with E-state index >= 15 is 0 Å². The van der Waals surface area contributed by atoms with Gasteiger partial charge in [0.1, 0.15) is 11.5 Å². The molecular formula is C22H27N3O4. The van der Waals surface area contributed by atoms with Crippen LogP contribution < -0.4 is 0 Å². The van der Waals surface area contributed by atoms with E-state index in [2.05, 4.69) is 4.98 Å². The van der Waals surface area contributed by atoms with E-state index in [1.54, 1.807) is 12.3 Å². The predicted molar refractivity (Wildman–Crippen MR) is 106 cm³/mol. The molecule has 2 saturated heterocycles. The average molecular weight is 397 g/mol. The molecule has 7 heteroatoms. The minimum atomic E-state index is -0.404. The fraction of sp³-hybridized carbons (Fsp3) is 0.500. The Morgan fingerprint density at radius 2 is 2.03 bits per heavy atom. The van der Waals surface area contributed by atoms with Crippen LogP contribution in [0.3, 0.4) is 0 Å². The molecular weight excluding hydrogens is 370 g/mol. The number of rotatable bonds is 3. The smallest absolute Gasteiger partial charge is 0.257 e. The summed E-state index contributed by atoms with van der Waals surface area (Å²) in [4.78, 5) is 33.5. The lowest BCUT2D eigenvalue weighted by atomic mass is 9.90. The number of furan rings is 1. The van der Waals surface area contributed by atoms with Crippen molar-refractivity contribution in [2.45, 2.75) is 45.3 Å². The van der Waals surface area contributed by atoms with Crippen molar-refractivity contribution in [1.82, 2.24) is 14.8 Å². The number of likely N-dealkylation sites (tertiary alicyclic amines) is 1. The van der Waals surface area contributed by atoms with Crippen LogP contribution in [0, 0.1) is 13.8 Å². The van der Waals surface area contributed by atoms with Crippen LogP contribution in [0.4, 0.5) is 0 Å². The van der Waals surface area contributed by atoms with Crippen LogP contribution in [0.1, 0.15) is 46.8 Å². The minimum Gasteiger partial charge on any atom is -0.466 e. The molecule has 4 rings (SSSR count). The van der Waals surface area contributed by atoms with E-state index in [0.717, 1.165) is 11.5 Å². The second kappa shape index (κ2) is 7.99. The van der Waals surface area contributed by atoms with Gasteiger partial charge in [-0.2, -0.15) is 0 Å². The first-order valence-corrected chi connectivity index (χ1v) is 10.1. The summed E-state index contributed by atoms with van der Waals surface area (Å²) < 4.78 is 11.7. The maximum absolute atomic E-state index is 12.9. The SMILES string of the molecule is Cc1cc(C(=O)N2CCC3(CC2)CN(Cc2ccccn2)C(=O)CCO3)c(C)o1. The zero-order valence-electron chi connectivity index (χ0n) is 17.0. The van der Waals surface area contributed by atoms with Crippen LogP contribution in [-0.4, -0.2) is 58.4 Å². The van der Waals surface area contributed by atoms with E-state index in [-0.39, 0.29) is 11.8 Å². The van der Waals surface area contributed by atoms with Gasteiger partial charge in [0.2, 0.25) is 5.91 Å². The third-order valence-electron chi connectivity index (χ3n) is 5.87. The number of amides is 2. The molecule has 0 atom stereocenters. The lowest BCUT2D eigenvalue weighted by molar-refractivity contribution is -0.132. The molecule has 2 aromatic rings. The third-order valence-corrected chi connectivity index (χ3v) is 5.87. The summed E-state index contributed by atoms with van der Waals surface area (Å²) >= 11 is 0. The standard InChI is InChI=1S/C22H27N3O4/c1-16-13-19(17(2)29-16)21(27)24-10-7-22(8-11-24)15-25(20(26)6-12-28-22)14-18-5-3-4-9-23-18/h3-5,9,13H,6-8,10-12,14-15H2,1-2H3. The Morgan fingerprint density at radius 3 is 2.69 bits per heavy atom. The summed E-state index contributed by atoms with van der Waals surface area (Å²) in [5, 5.41) is 0. The predicted octanol–water partition coefficient (Wildman–Crippen LogP) is 2.72. The van der Waals surface area contributed by atoms with E-state index in [1.165, 1.54) is 0 Å². The molecule has 0 saturated carbocycles. The van der Waals surface area contributed by atoms with Crippen LogP contribution in [0.2, 0.25) is 0 Å². The molecule has 0 aromatic carbocycles. The molecule has 2 aromatic heterocycles. The monoisotopic (exact) mass is 397 g/mol. The zero-order chi connectivity index (χ0) is 20.4. The van der Waals surface area contributed by atoms with Crippen molar-refractivity contribution < 1.29 is 18.7 Å². The van der Waals surface area contributed by atoms with Gasteiger partial charge in [-0.3, -0.25) is 14.6 Å². The van der Waals surface area contributed by atoms with Gasteiger partial charge in [-0.1, -0.05) is 6.07 Å². The van der Waals surface area contributed by atoms with Crippen molar-refractivity contribution in [1.29, 1.82) is 0 Å². The fourth-order valence-corrected chi connectivity index (χ4v) is 4.26. The first-order chi connectivity index (χ1) is 14.0. The first-order valence-electron chi connectivity index (χ1n) is 10.1. The van der Waals surface area contributed by atoms with Gasteiger partial charge in [-0.25, -0.2) is 0 Å². The van der Waals surface area contributed by atoms with E-state index in [0.29, 0.717) is 63.4 Å². The number of carbonyl (C=O) groups is 2. The van der Waals surface area contributed by atoms with Gasteiger partial charge in [-0.15, -0.1) is 0 Å². The second-order valence-corrected chi connectivity index (χ2v) is 7.97. The highest BCUT2D eigenvalue weighted by molar-refractivity contribution is 5.95. The normalized spacial score (nSPS) is 19.4. The quantitative estimate of drug-likeness (QED) is 0.796. The van der Waals surface area contributed by atoms with Gasteiger partial charge in [0.25, 0.3) is 5.91 Å². The molecule has 0 aliphatic carbocycles. The van der Waals surface area contributed by atoms with Crippen molar-refractivity contribution in [3.05, 3.63) is 53.2 Å². The van der Waals surface area contributed by atoms with Crippen molar-refractivity contribution >= 4 is 11.8 Å². The van der Waals surface area contributed by atoms with Gasteiger partial charge in [0.05, 0.1) is 43.0 Å². The van der Waals surface area contributed by atoms with Crippen molar-refractivity contribution in [2.24, 2.45) is 0 Å². The van der Waals surface area contributed by atoms with Gasteiger partial charge in [-0.05, 0) is 44.9 Å². The molecule has 29 heavy (non-hydrogen) atoms. The van der Waals surface area contributed by atoms with E-state index in [4.69, 9.17) is 9.15 Å². The van der Waals surface area contributed by atoms with E-state index < -0.39 is 5.60 Å². The summed E-state index contributed by atoms with van der Waals surface area (Å²) in [6.07, 6.45) is 3.54. The molecule has 2 aliphatic heterocycles. The molecule has 0 radical (unpaired) electrons. The van der Waals surface area contributed by atoms with Crippen LogP contribution in [0.15, 0.2) is 34.9 Å². The van der Waals surface area contributed by atoms with Crippen molar-refractivity contribution in [2.75, 3.05) is 26.2 Å². The number of piperidine rings is 1. The lowest BCUT2D eigenvalue weighted by Crippen LogP contribution is -2.53. The molecule has 2 aliphatic rings. The maximum Gasteiger partial charge on any atom is 0.257 e. The molecule has 2 fully saturated rings. The average Bonchev–Trinajstić information content (AvgIpc) is 2.98. The molecule has 0 bridgehead atoms. The minimum absolute atomic E-state index is 0.00393. The zero-order valence-corrected chi connectivity index (χ0v) is 17.0. The first kappa shape index (κ1) is 19.6. The van der Waals surface area contributed by atoms with Crippen LogP contribution in [0.5, 0.6) is 0 Å². The number of ether oxygens (including phenoxy) is 1. The Balaban J connectivity index is 1.44. The number of hydrogen-bond donors (Lipinski definition) is 0. The molecule has 0 unspecified atom stereocenters. The molecule has 4 heterocycles. The number of nitrogens with zero attached hydrogens (tertiary/aromatic N) is 3. The highest BCUT2D eigenvalue weighted by Gasteiger charge is 2.41. The van der Waals surface area contributed by atoms with Gasteiger partial charge in [0, 0.05) is 19.3 Å². The summed E-state index contributed by atoms with van der Waals surface area (Å²) in [7, 11) is 0. The third kappa shape index (κ3) is 4.19. The van der Waals surface area contributed by atoms with Gasteiger partial charge >= 0.3 is 0 Å². The summed E-state index contributed by atoms with van der Waals surface area (Å²) in [6, 6.07) is 7.54. The summed E-state index contributed by atoms with van der Waals surface area (Å²) in [6.45, 7) is 6.33. The summed E-state index contributed by atoms with van der Waals surface area (Å²) in [5.41, 5.74) is 1.10. The highest BCUT2D eigenvalue weighted by atomic mass is 16.5. The highest BCUT2D eigenvalue weighted by Crippen LogP contribution is 2.31. The van der Waals surface area contributed by atoms with Crippen LogP contribution in [-0.2, 0) is 16.1 Å². The number of aryl methyl sites for hydroxylation is 2. The molecule has 154 valence electrons. The number of pyridine rings is 1. The van der Waals surface area contributed by atoms with E-state index in [9.17, 15) is 9.59 Å². The number of aromatic nitrogens is 1. The second-order valence-electron chi connectivity index (χ2n) is 7.97. The Morgan fingerprint density at radius 1 is 1.24 bits per heavy atom. The van der Waals surface area contributed by atoms with E-state index in [1.807, 2.05) is 41.8 Å². The van der Waals surface area contributed by atoms with Crippen molar-refractivity contribution in [3.63, 3.8) is 0 Å². The Labute approximate surface area is 170 Å². The number of hydrogen-bond acceptors (Lipinski definition) is 5. The van der Waals surface area contributed by atoms with Gasteiger partial charge < -0.3 is 19.0 Å². The molecule has 1 spiro atoms. The molecule has 0 N–H and O–H groups in total.